The average Bonchev–Trinajstić information content (AvgIpc) is 3.12. The van der Waals surface area contributed by atoms with E-state index in [0.717, 1.165) is 22.5 Å². The summed E-state index contributed by atoms with van der Waals surface area (Å²) in [5.74, 6) is -0.197. The van der Waals surface area contributed by atoms with Crippen molar-refractivity contribution in [2.75, 3.05) is 64.2 Å². The third-order valence-corrected chi connectivity index (χ3v) is 9.72. The number of para-hydroxylation sites is 2. The lowest BCUT2D eigenvalue weighted by atomic mass is 9.93. The summed E-state index contributed by atoms with van der Waals surface area (Å²) in [6, 6.07) is 28.6. The van der Waals surface area contributed by atoms with Crippen molar-refractivity contribution in [1.29, 1.82) is 0 Å². The monoisotopic (exact) mass is 672 g/mol. The van der Waals surface area contributed by atoms with E-state index in [-0.39, 0.29) is 22.6 Å². The average molecular weight is 673 g/mol. The molecule has 2 atom stereocenters. The van der Waals surface area contributed by atoms with Gasteiger partial charge >= 0.3 is 11.3 Å². The Kier molecular flexibility index (Phi) is 8.81. The van der Waals surface area contributed by atoms with Crippen molar-refractivity contribution in [3.8, 4) is 11.5 Å². The molecule has 256 valence electrons. The van der Waals surface area contributed by atoms with Crippen LogP contribution in [-0.4, -0.2) is 74.4 Å². The number of rotatable bonds is 8. The molecule has 10 nitrogen and oxygen atoms in total. The summed E-state index contributed by atoms with van der Waals surface area (Å²) < 4.78 is 11.5. The zero-order valence-corrected chi connectivity index (χ0v) is 28.5. The lowest BCUT2D eigenvalue weighted by molar-refractivity contribution is 0.0866. The molecule has 0 bridgehead atoms. The minimum absolute atomic E-state index is 0.0986. The van der Waals surface area contributed by atoms with E-state index in [1.165, 1.54) is 0 Å². The van der Waals surface area contributed by atoms with Crippen LogP contribution in [0.25, 0.3) is 21.9 Å². The van der Waals surface area contributed by atoms with E-state index in [4.69, 9.17) is 8.83 Å². The second-order valence-corrected chi connectivity index (χ2v) is 13.1. The van der Waals surface area contributed by atoms with Crippen LogP contribution in [0.5, 0.6) is 11.5 Å². The maximum atomic E-state index is 13.6. The summed E-state index contributed by atoms with van der Waals surface area (Å²) in [7, 11) is 7.86. The molecule has 0 amide bonds. The maximum Gasteiger partial charge on any atom is 0.345 e. The number of piperazine rings is 1. The lowest BCUT2D eigenvalue weighted by Gasteiger charge is -2.42. The molecule has 1 aliphatic heterocycles. The standard InChI is InChI=1S/C40H40N4O6/c1-41(2)27-17-13-25(14-18-27)35(33-37(45)29-9-5-7-11-31(29)49-39(33)47)43-21-23-44(24-22-43)36(26-15-19-28(20-16-26)42(3)4)34-38(46)30-10-6-8-12-32(30)50-40(34)48/h5-20,35-36,45-46H,21-24H2,1-4H3. The first-order valence-corrected chi connectivity index (χ1v) is 16.6. The Morgan fingerprint density at radius 1 is 0.540 bits per heavy atom. The van der Waals surface area contributed by atoms with E-state index in [1.807, 2.05) is 86.5 Å². The molecule has 1 fully saturated rings. The van der Waals surface area contributed by atoms with Crippen molar-refractivity contribution in [2.24, 2.45) is 0 Å². The molecule has 4 aromatic carbocycles. The molecular formula is C40H40N4O6. The fourth-order valence-corrected chi connectivity index (χ4v) is 7.06. The minimum atomic E-state index is -0.605. The normalized spacial score (nSPS) is 15.3. The fourth-order valence-electron chi connectivity index (χ4n) is 7.06. The van der Waals surface area contributed by atoms with Gasteiger partial charge in [0.15, 0.2) is 0 Å². The van der Waals surface area contributed by atoms with Crippen LogP contribution in [0, 0.1) is 0 Å². The molecule has 0 radical (unpaired) electrons. The zero-order chi connectivity index (χ0) is 35.1. The summed E-state index contributed by atoms with van der Waals surface area (Å²) in [6.45, 7) is 1.94. The second-order valence-electron chi connectivity index (χ2n) is 13.1. The van der Waals surface area contributed by atoms with E-state index in [2.05, 4.69) is 9.80 Å². The van der Waals surface area contributed by atoms with Gasteiger partial charge in [0.05, 0.1) is 22.9 Å². The Hall–Kier alpha value is -5.58. The second kappa shape index (κ2) is 13.4. The minimum Gasteiger partial charge on any atom is -0.507 e. The van der Waals surface area contributed by atoms with E-state index in [1.54, 1.807) is 48.5 Å². The molecule has 3 heterocycles. The first-order chi connectivity index (χ1) is 24.1. The Bertz CT molecular complexity index is 2110. The summed E-state index contributed by atoms with van der Waals surface area (Å²) in [5, 5.41) is 24.1. The van der Waals surface area contributed by atoms with Crippen molar-refractivity contribution in [3.63, 3.8) is 0 Å². The topological polar surface area (TPSA) is 114 Å². The number of nitrogens with zero attached hydrogens (tertiary/aromatic N) is 4. The molecule has 1 aliphatic rings. The molecule has 0 saturated carbocycles. The first kappa shape index (κ1) is 32.9. The molecule has 50 heavy (non-hydrogen) atoms. The molecule has 0 aliphatic carbocycles. The Morgan fingerprint density at radius 3 is 1.22 bits per heavy atom. The van der Waals surface area contributed by atoms with Crippen molar-refractivity contribution < 1.29 is 19.0 Å². The molecule has 10 heteroatoms. The highest BCUT2D eigenvalue weighted by molar-refractivity contribution is 5.85. The summed E-state index contributed by atoms with van der Waals surface area (Å²) in [6.07, 6.45) is 0. The van der Waals surface area contributed by atoms with E-state index >= 15 is 0 Å². The summed E-state index contributed by atoms with van der Waals surface area (Å²) >= 11 is 0. The molecule has 1 saturated heterocycles. The van der Waals surface area contributed by atoms with Gasteiger partial charge in [0.25, 0.3) is 0 Å². The van der Waals surface area contributed by atoms with Crippen LogP contribution in [-0.2, 0) is 0 Å². The van der Waals surface area contributed by atoms with Gasteiger partial charge in [0.1, 0.15) is 33.8 Å². The van der Waals surface area contributed by atoms with Crippen molar-refractivity contribution in [1.82, 2.24) is 9.80 Å². The van der Waals surface area contributed by atoms with Crippen LogP contribution in [0.15, 0.2) is 115 Å². The number of hydrogen-bond donors (Lipinski definition) is 2. The first-order valence-electron chi connectivity index (χ1n) is 16.6. The van der Waals surface area contributed by atoms with Gasteiger partial charge < -0.3 is 28.8 Å². The summed E-state index contributed by atoms with van der Waals surface area (Å²) in [4.78, 5) is 35.6. The van der Waals surface area contributed by atoms with Gasteiger partial charge in [0.2, 0.25) is 0 Å². The molecule has 0 spiro atoms. The van der Waals surface area contributed by atoms with Crippen LogP contribution >= 0.6 is 0 Å². The predicted octanol–water partition coefficient (Wildman–Crippen LogP) is 5.94. The van der Waals surface area contributed by atoms with Crippen molar-refractivity contribution in [3.05, 3.63) is 140 Å². The molecular weight excluding hydrogens is 632 g/mol. The maximum absolute atomic E-state index is 13.6. The summed E-state index contributed by atoms with van der Waals surface area (Å²) in [5.41, 5.74) is 3.50. The van der Waals surface area contributed by atoms with E-state index < -0.39 is 23.3 Å². The van der Waals surface area contributed by atoms with Gasteiger partial charge in [-0.05, 0) is 59.7 Å². The number of fused-ring (bicyclic) bond motifs is 2. The van der Waals surface area contributed by atoms with Crippen molar-refractivity contribution in [2.45, 2.75) is 12.1 Å². The van der Waals surface area contributed by atoms with Crippen LogP contribution in [0.4, 0.5) is 11.4 Å². The third-order valence-electron chi connectivity index (χ3n) is 9.72. The smallest absolute Gasteiger partial charge is 0.345 e. The Balaban J connectivity index is 1.29. The van der Waals surface area contributed by atoms with E-state index in [0.29, 0.717) is 48.1 Å². The highest BCUT2D eigenvalue weighted by Crippen LogP contribution is 2.40. The number of aromatic hydroxyl groups is 2. The predicted molar refractivity (Wildman–Crippen MR) is 197 cm³/mol. The molecule has 2 N–H and O–H groups in total. The molecule has 2 aromatic heterocycles. The van der Waals surface area contributed by atoms with Gasteiger partial charge in [-0.3, -0.25) is 9.80 Å². The highest BCUT2D eigenvalue weighted by Gasteiger charge is 2.36. The van der Waals surface area contributed by atoms with Gasteiger partial charge in [-0.15, -0.1) is 0 Å². The number of hydrogen-bond acceptors (Lipinski definition) is 10. The third kappa shape index (κ3) is 5.97. The SMILES string of the molecule is CN(C)c1ccc(C(c2c(O)c3ccccc3oc2=O)N2CCN(C(c3ccc(N(C)C)cc3)c3c(O)c4ccccc4oc3=O)CC2)cc1. The highest BCUT2D eigenvalue weighted by atomic mass is 16.4. The van der Waals surface area contributed by atoms with Gasteiger partial charge in [-0.25, -0.2) is 9.59 Å². The van der Waals surface area contributed by atoms with Crippen molar-refractivity contribution >= 4 is 33.3 Å². The van der Waals surface area contributed by atoms with E-state index in [9.17, 15) is 19.8 Å². The van der Waals surface area contributed by atoms with Gasteiger partial charge in [-0.2, -0.15) is 0 Å². The zero-order valence-electron chi connectivity index (χ0n) is 28.5. The Morgan fingerprint density at radius 2 is 0.880 bits per heavy atom. The molecule has 2 unspecified atom stereocenters. The fraction of sp³-hybridized carbons (Fsp3) is 0.250. The van der Waals surface area contributed by atoms with Gasteiger partial charge in [0, 0.05) is 65.7 Å². The van der Waals surface area contributed by atoms with Gasteiger partial charge in [-0.1, -0.05) is 48.5 Å². The Labute approximate surface area is 289 Å². The quantitative estimate of drug-likeness (QED) is 0.189. The van der Waals surface area contributed by atoms with Crippen LogP contribution in [0.3, 0.4) is 0 Å². The molecule has 6 aromatic rings. The largest absolute Gasteiger partial charge is 0.507 e. The molecule has 7 rings (SSSR count). The van der Waals surface area contributed by atoms with Crippen LogP contribution in [0.1, 0.15) is 34.3 Å². The van der Waals surface area contributed by atoms with Crippen LogP contribution in [0.2, 0.25) is 0 Å². The number of anilines is 2. The number of benzene rings is 4. The van der Waals surface area contributed by atoms with Crippen LogP contribution < -0.4 is 21.1 Å². The lowest BCUT2D eigenvalue weighted by Crippen LogP contribution is -2.50.